The molecule has 3 rings (SSSR count). The molecule has 0 saturated carbocycles. The van der Waals surface area contributed by atoms with Crippen molar-refractivity contribution in [2.75, 3.05) is 6.61 Å². The normalized spacial score (nSPS) is 12.2. The average Bonchev–Trinajstić information content (AvgIpc) is 3.07. The van der Waals surface area contributed by atoms with Crippen LogP contribution in [0.3, 0.4) is 0 Å². The van der Waals surface area contributed by atoms with E-state index in [1.54, 1.807) is 36.4 Å². The van der Waals surface area contributed by atoms with Crippen molar-refractivity contribution in [2.45, 2.75) is 6.04 Å². The van der Waals surface area contributed by atoms with Gasteiger partial charge in [-0.2, -0.15) is 5.10 Å². The average molecular weight is 299 g/mol. The van der Waals surface area contributed by atoms with Gasteiger partial charge < -0.3 is 14.8 Å². The molecule has 7 nitrogen and oxygen atoms in total. The Bertz CT molecular complexity index is 855. The van der Waals surface area contributed by atoms with E-state index in [0.29, 0.717) is 16.7 Å². The molecule has 22 heavy (non-hydrogen) atoms. The Morgan fingerprint density at radius 3 is 2.86 bits per heavy atom. The molecule has 1 atom stereocenters. The molecule has 0 spiro atoms. The SMILES string of the molecule is O=C(NC(CO)c1ccco1)c1n[nH]c2ccccc2c1=O. The maximum Gasteiger partial charge on any atom is 0.276 e. The highest BCUT2D eigenvalue weighted by Gasteiger charge is 2.21. The molecule has 0 bridgehead atoms. The molecule has 1 unspecified atom stereocenters. The van der Waals surface area contributed by atoms with Gasteiger partial charge in [0, 0.05) is 5.39 Å². The first-order chi connectivity index (χ1) is 10.7. The van der Waals surface area contributed by atoms with Gasteiger partial charge in [0.25, 0.3) is 5.91 Å². The Labute approximate surface area is 124 Å². The molecule has 0 aliphatic carbocycles. The van der Waals surface area contributed by atoms with Gasteiger partial charge >= 0.3 is 0 Å². The number of aliphatic hydroxyl groups excluding tert-OH is 1. The Kier molecular flexibility index (Phi) is 3.71. The number of amides is 1. The minimum absolute atomic E-state index is 0.260. The Balaban J connectivity index is 1.92. The molecule has 112 valence electrons. The molecule has 2 aromatic heterocycles. The summed E-state index contributed by atoms with van der Waals surface area (Å²) in [6.07, 6.45) is 1.44. The number of fused-ring (bicyclic) bond motifs is 1. The Morgan fingerprint density at radius 1 is 1.32 bits per heavy atom. The molecule has 3 aromatic rings. The first-order valence-corrected chi connectivity index (χ1v) is 6.63. The van der Waals surface area contributed by atoms with Crippen LogP contribution in [0.5, 0.6) is 0 Å². The molecule has 2 heterocycles. The molecule has 0 fully saturated rings. The van der Waals surface area contributed by atoms with Crippen molar-refractivity contribution in [3.05, 3.63) is 64.3 Å². The van der Waals surface area contributed by atoms with Crippen LogP contribution in [0.2, 0.25) is 0 Å². The van der Waals surface area contributed by atoms with E-state index < -0.39 is 17.4 Å². The van der Waals surface area contributed by atoms with Crippen LogP contribution in [0, 0.1) is 0 Å². The lowest BCUT2D eigenvalue weighted by Gasteiger charge is -2.13. The van der Waals surface area contributed by atoms with Crippen LogP contribution in [-0.2, 0) is 0 Å². The summed E-state index contributed by atoms with van der Waals surface area (Å²) in [6, 6.07) is 9.31. The number of aliphatic hydroxyl groups is 1. The van der Waals surface area contributed by atoms with E-state index in [4.69, 9.17) is 4.42 Å². The summed E-state index contributed by atoms with van der Waals surface area (Å²) in [5.74, 6) is -0.282. The van der Waals surface area contributed by atoms with Crippen LogP contribution in [0.4, 0.5) is 0 Å². The number of hydrogen-bond donors (Lipinski definition) is 3. The summed E-state index contributed by atoms with van der Waals surface area (Å²) < 4.78 is 5.14. The summed E-state index contributed by atoms with van der Waals surface area (Å²) >= 11 is 0. The first kappa shape index (κ1) is 14.0. The molecule has 1 aromatic carbocycles. The lowest BCUT2D eigenvalue weighted by molar-refractivity contribution is 0.0900. The number of furan rings is 1. The van der Waals surface area contributed by atoms with Crippen molar-refractivity contribution in [2.24, 2.45) is 0 Å². The number of hydrogen-bond acceptors (Lipinski definition) is 5. The fourth-order valence-corrected chi connectivity index (χ4v) is 2.15. The largest absolute Gasteiger partial charge is 0.467 e. The third kappa shape index (κ3) is 2.49. The van der Waals surface area contributed by atoms with E-state index in [9.17, 15) is 14.7 Å². The van der Waals surface area contributed by atoms with Crippen LogP contribution in [0.15, 0.2) is 51.9 Å². The Morgan fingerprint density at radius 2 is 2.14 bits per heavy atom. The van der Waals surface area contributed by atoms with Gasteiger partial charge in [-0.15, -0.1) is 0 Å². The molecular formula is C15H13N3O4. The van der Waals surface area contributed by atoms with Crippen LogP contribution < -0.4 is 10.7 Å². The van der Waals surface area contributed by atoms with Gasteiger partial charge in [0.05, 0.1) is 18.4 Å². The van der Waals surface area contributed by atoms with Gasteiger partial charge in [-0.3, -0.25) is 14.7 Å². The molecule has 0 aliphatic rings. The monoisotopic (exact) mass is 299 g/mol. The zero-order valence-electron chi connectivity index (χ0n) is 11.4. The van der Waals surface area contributed by atoms with Crippen molar-refractivity contribution in [1.82, 2.24) is 15.5 Å². The van der Waals surface area contributed by atoms with E-state index in [1.807, 2.05) is 0 Å². The minimum Gasteiger partial charge on any atom is -0.467 e. The number of carbonyl (C=O) groups excluding carboxylic acids is 1. The Hall–Kier alpha value is -2.93. The minimum atomic E-state index is -0.741. The third-order valence-electron chi connectivity index (χ3n) is 3.26. The fourth-order valence-electron chi connectivity index (χ4n) is 2.15. The second kappa shape index (κ2) is 5.82. The lowest BCUT2D eigenvalue weighted by Crippen LogP contribution is -2.34. The number of para-hydroxylation sites is 1. The van der Waals surface area contributed by atoms with E-state index >= 15 is 0 Å². The molecular weight excluding hydrogens is 286 g/mol. The summed E-state index contributed by atoms with van der Waals surface area (Å²) in [5.41, 5.74) is -0.180. The van der Waals surface area contributed by atoms with Crippen molar-refractivity contribution in [3.63, 3.8) is 0 Å². The number of nitrogens with zero attached hydrogens (tertiary/aromatic N) is 1. The van der Waals surface area contributed by atoms with Crippen molar-refractivity contribution in [1.29, 1.82) is 0 Å². The highest BCUT2D eigenvalue weighted by molar-refractivity contribution is 5.95. The zero-order valence-corrected chi connectivity index (χ0v) is 11.4. The van der Waals surface area contributed by atoms with Gasteiger partial charge in [0.2, 0.25) is 5.43 Å². The first-order valence-electron chi connectivity index (χ1n) is 6.63. The highest BCUT2D eigenvalue weighted by atomic mass is 16.3. The second-order valence-corrected chi connectivity index (χ2v) is 4.67. The molecule has 0 aliphatic heterocycles. The van der Waals surface area contributed by atoms with Gasteiger partial charge in [-0.05, 0) is 24.3 Å². The number of aromatic nitrogens is 2. The molecule has 0 saturated heterocycles. The number of H-pyrrole nitrogens is 1. The van der Waals surface area contributed by atoms with E-state index in [-0.39, 0.29) is 12.3 Å². The van der Waals surface area contributed by atoms with Gasteiger partial charge in [0.1, 0.15) is 11.8 Å². The maximum absolute atomic E-state index is 12.3. The van der Waals surface area contributed by atoms with E-state index in [1.165, 1.54) is 6.26 Å². The van der Waals surface area contributed by atoms with Gasteiger partial charge in [0.15, 0.2) is 5.69 Å². The lowest BCUT2D eigenvalue weighted by atomic mass is 10.2. The second-order valence-electron chi connectivity index (χ2n) is 4.67. The predicted octanol–water partition coefficient (Wildman–Crippen LogP) is 0.980. The van der Waals surface area contributed by atoms with Crippen LogP contribution >= 0.6 is 0 Å². The third-order valence-corrected chi connectivity index (χ3v) is 3.26. The summed E-state index contributed by atoms with van der Waals surface area (Å²) in [7, 11) is 0. The number of benzene rings is 1. The number of nitrogens with one attached hydrogen (secondary N) is 2. The molecule has 3 N–H and O–H groups in total. The summed E-state index contributed by atoms with van der Waals surface area (Å²) in [4.78, 5) is 24.5. The molecule has 7 heteroatoms. The van der Waals surface area contributed by atoms with E-state index in [2.05, 4.69) is 15.5 Å². The fraction of sp³-hybridized carbons (Fsp3) is 0.133. The smallest absolute Gasteiger partial charge is 0.276 e. The van der Waals surface area contributed by atoms with Crippen molar-refractivity contribution >= 4 is 16.8 Å². The number of carbonyl (C=O) groups is 1. The topological polar surface area (TPSA) is 108 Å². The number of aromatic amines is 1. The zero-order chi connectivity index (χ0) is 15.5. The van der Waals surface area contributed by atoms with Gasteiger partial charge in [-0.25, -0.2) is 0 Å². The van der Waals surface area contributed by atoms with Gasteiger partial charge in [-0.1, -0.05) is 12.1 Å². The van der Waals surface area contributed by atoms with Crippen molar-refractivity contribution < 1.29 is 14.3 Å². The number of rotatable bonds is 4. The van der Waals surface area contributed by atoms with Crippen LogP contribution in [0.1, 0.15) is 22.3 Å². The quantitative estimate of drug-likeness (QED) is 0.665. The van der Waals surface area contributed by atoms with E-state index in [0.717, 1.165) is 0 Å². The summed E-state index contributed by atoms with van der Waals surface area (Å²) in [6.45, 7) is -0.356. The molecule has 1 amide bonds. The van der Waals surface area contributed by atoms with Crippen molar-refractivity contribution in [3.8, 4) is 0 Å². The molecule has 0 radical (unpaired) electrons. The summed E-state index contributed by atoms with van der Waals surface area (Å²) in [5, 5.41) is 18.7. The predicted molar refractivity (Wildman–Crippen MR) is 78.4 cm³/mol. The van der Waals surface area contributed by atoms with Crippen LogP contribution in [0.25, 0.3) is 10.9 Å². The van der Waals surface area contributed by atoms with Crippen LogP contribution in [-0.4, -0.2) is 27.8 Å². The standard InChI is InChI=1S/C15H13N3O4/c19-8-11(12-6-3-7-22-12)16-15(21)13-14(20)9-4-1-2-5-10(9)17-18-13/h1-7,11,19H,8H2,(H,16,21)(H,17,20). The highest BCUT2D eigenvalue weighted by Crippen LogP contribution is 2.13. The maximum atomic E-state index is 12.3.